The second-order valence-electron chi connectivity index (χ2n) is 5.12. The first-order chi connectivity index (χ1) is 10.1. The normalized spacial score (nSPS) is 15.5. The van der Waals surface area contributed by atoms with Crippen LogP contribution in [-0.2, 0) is 0 Å². The Kier molecular flexibility index (Phi) is 4.57. The number of nitro groups is 2. The maximum absolute atomic E-state index is 10.9. The van der Waals surface area contributed by atoms with Gasteiger partial charge in [0.15, 0.2) is 0 Å². The van der Waals surface area contributed by atoms with E-state index in [1.807, 2.05) is 0 Å². The van der Waals surface area contributed by atoms with Crippen molar-refractivity contribution in [2.24, 2.45) is 0 Å². The molecule has 1 fully saturated rings. The molecule has 0 radical (unpaired) electrons. The molecule has 0 atom stereocenters. The van der Waals surface area contributed by atoms with E-state index in [9.17, 15) is 20.2 Å². The minimum atomic E-state index is -0.750. The Balaban J connectivity index is 0.00000176. The molecule has 2 heterocycles. The highest BCUT2D eigenvalue weighted by molar-refractivity contribution is 5.83. The van der Waals surface area contributed by atoms with Crippen LogP contribution >= 0.6 is 0 Å². The largest absolute Gasteiger partial charge is 1.00 e. The summed E-state index contributed by atoms with van der Waals surface area (Å²) in [6, 6.07) is 2.35. The number of quaternary nitrogens is 1. The van der Waals surface area contributed by atoms with Gasteiger partial charge in [0.2, 0.25) is 0 Å². The van der Waals surface area contributed by atoms with Gasteiger partial charge in [-0.25, -0.2) is 0 Å². The van der Waals surface area contributed by atoms with Gasteiger partial charge < -0.3 is 12.4 Å². The Morgan fingerprint density at radius 3 is 2.23 bits per heavy atom. The molecule has 10 heteroatoms. The van der Waals surface area contributed by atoms with Crippen LogP contribution in [0.15, 0.2) is 12.1 Å². The zero-order valence-electron chi connectivity index (χ0n) is 11.5. The van der Waals surface area contributed by atoms with E-state index >= 15 is 0 Å². The highest BCUT2D eigenvalue weighted by Gasteiger charge is 2.28. The smallest absolute Gasteiger partial charge is 0.348 e. The molecule has 3 rings (SSSR count). The lowest BCUT2D eigenvalue weighted by molar-refractivity contribution is -0.843. The van der Waals surface area contributed by atoms with E-state index < -0.39 is 21.2 Å². The third-order valence-corrected chi connectivity index (χ3v) is 3.76. The summed E-state index contributed by atoms with van der Waals surface area (Å²) in [7, 11) is 0. The fourth-order valence-electron chi connectivity index (χ4n) is 2.71. The van der Waals surface area contributed by atoms with E-state index in [2.05, 4.69) is 9.97 Å². The Labute approximate surface area is 131 Å². The van der Waals surface area contributed by atoms with Gasteiger partial charge in [0.1, 0.15) is 5.52 Å². The van der Waals surface area contributed by atoms with E-state index in [0.29, 0.717) is 17.0 Å². The second kappa shape index (κ2) is 6.24. The Morgan fingerprint density at radius 1 is 1.05 bits per heavy atom. The molecule has 0 unspecified atom stereocenters. The molecule has 1 saturated heterocycles. The van der Waals surface area contributed by atoms with E-state index in [1.165, 1.54) is 17.4 Å². The minimum absolute atomic E-state index is 0. The summed E-state index contributed by atoms with van der Waals surface area (Å²) in [4.78, 5) is 29.0. The van der Waals surface area contributed by atoms with Crippen LogP contribution in [0.4, 0.5) is 17.3 Å². The molecule has 0 saturated carbocycles. The number of benzene rings is 1. The Morgan fingerprint density at radius 2 is 1.64 bits per heavy atom. The van der Waals surface area contributed by atoms with Crippen LogP contribution in [0.2, 0.25) is 0 Å². The molecule has 1 aromatic heterocycles. The van der Waals surface area contributed by atoms with Crippen molar-refractivity contribution in [2.75, 3.05) is 13.1 Å². The number of aromatic nitrogens is 2. The molecule has 0 bridgehead atoms. The lowest BCUT2D eigenvalue weighted by Gasteiger charge is -2.19. The van der Waals surface area contributed by atoms with Gasteiger partial charge in [0.25, 0.3) is 0 Å². The van der Waals surface area contributed by atoms with Crippen LogP contribution < -0.4 is 17.3 Å². The van der Waals surface area contributed by atoms with Crippen LogP contribution in [0.25, 0.3) is 11.0 Å². The van der Waals surface area contributed by atoms with Crippen LogP contribution in [0.3, 0.4) is 0 Å². The number of hydrogen-bond acceptors (Lipinski definition) is 5. The highest BCUT2D eigenvalue weighted by Crippen LogP contribution is 2.31. The predicted molar refractivity (Wildman–Crippen MR) is 73.6 cm³/mol. The summed E-state index contributed by atoms with van der Waals surface area (Å²) >= 11 is 0. The maximum Gasteiger partial charge on any atom is 0.348 e. The molecular weight excluding hydrogens is 314 g/mol. The summed E-state index contributed by atoms with van der Waals surface area (Å²) < 4.78 is 0. The van der Waals surface area contributed by atoms with Crippen molar-refractivity contribution in [3.8, 4) is 0 Å². The van der Waals surface area contributed by atoms with Crippen LogP contribution in [-0.4, -0.2) is 32.9 Å². The first-order valence-electron chi connectivity index (χ1n) is 6.74. The first-order valence-corrected chi connectivity index (χ1v) is 6.74. The van der Waals surface area contributed by atoms with Crippen molar-refractivity contribution in [3.63, 3.8) is 0 Å². The lowest BCUT2D eigenvalue weighted by atomic mass is 10.1. The molecule has 2 N–H and O–H groups in total. The first kappa shape index (κ1) is 16.1. The summed E-state index contributed by atoms with van der Waals surface area (Å²) in [6.45, 7) is 1.90. The zero-order chi connectivity index (χ0) is 15.0. The molecule has 1 aromatic carbocycles. The number of imidazole rings is 1. The molecular formula is C12H14ClN5O4. The van der Waals surface area contributed by atoms with Crippen molar-refractivity contribution in [1.82, 2.24) is 9.97 Å². The van der Waals surface area contributed by atoms with E-state index in [-0.39, 0.29) is 12.4 Å². The Hall–Kier alpha value is -2.26. The van der Waals surface area contributed by atoms with Crippen molar-refractivity contribution < 1.29 is 27.2 Å². The van der Waals surface area contributed by atoms with Gasteiger partial charge in [-0.2, -0.15) is 4.98 Å². The maximum atomic E-state index is 10.9. The molecule has 2 aromatic rings. The molecule has 0 aliphatic carbocycles. The summed E-state index contributed by atoms with van der Waals surface area (Å²) in [5.74, 6) is 0.694. The second-order valence-corrected chi connectivity index (χ2v) is 5.12. The fourth-order valence-corrected chi connectivity index (χ4v) is 2.71. The van der Waals surface area contributed by atoms with E-state index in [1.54, 1.807) is 0 Å². The number of hydrogen-bond donors (Lipinski definition) is 2. The third kappa shape index (κ3) is 2.85. The Bertz CT molecular complexity index is 675. The number of nitrogens with zero attached hydrogens (tertiary/aromatic N) is 3. The molecule has 0 amide bonds. The predicted octanol–water partition coefficient (Wildman–Crippen LogP) is -1.92. The quantitative estimate of drug-likeness (QED) is 0.503. The number of rotatable bonds is 3. The number of nitro benzene ring substituents is 2. The standard InChI is InChI=1S/C12H13N5O4.ClH/c18-16(19)10-6-8-9(7-11(10)17(20)21)14-12(13-8)15-4-2-1-3-5-15;/h6-7H,1-5H2,(H,13,14);1H. The van der Waals surface area contributed by atoms with Crippen LogP contribution in [0.1, 0.15) is 19.3 Å². The number of nitrogens with one attached hydrogen (secondary N) is 2. The van der Waals surface area contributed by atoms with Gasteiger partial charge in [-0.1, -0.05) is 0 Å². The number of aromatic amines is 1. The summed E-state index contributed by atoms with van der Waals surface area (Å²) in [5, 5.41) is 21.9. The summed E-state index contributed by atoms with van der Waals surface area (Å²) in [6.07, 6.45) is 3.40. The topological polar surface area (TPSA) is 119 Å². The van der Waals surface area contributed by atoms with Crippen molar-refractivity contribution in [1.29, 1.82) is 0 Å². The molecule has 9 nitrogen and oxygen atoms in total. The molecule has 22 heavy (non-hydrogen) atoms. The van der Waals surface area contributed by atoms with Gasteiger partial charge in [-0.3, -0.25) is 30.1 Å². The lowest BCUT2D eigenvalue weighted by Crippen LogP contribution is -3.08. The van der Waals surface area contributed by atoms with E-state index in [4.69, 9.17) is 0 Å². The SMILES string of the molecule is O=[N+]([O-])c1cc2nc([NH+]3CCCCC3)[nH]c2cc1[N+](=O)[O-].[Cl-]. The van der Waals surface area contributed by atoms with Crippen LogP contribution in [0.5, 0.6) is 0 Å². The van der Waals surface area contributed by atoms with Crippen molar-refractivity contribution in [3.05, 3.63) is 32.4 Å². The number of piperidine rings is 1. The number of fused-ring (bicyclic) bond motifs is 1. The monoisotopic (exact) mass is 327 g/mol. The van der Waals surface area contributed by atoms with Gasteiger partial charge in [-0.05, 0) is 19.3 Å². The number of halogens is 1. The highest BCUT2D eigenvalue weighted by atomic mass is 35.5. The van der Waals surface area contributed by atoms with E-state index in [0.717, 1.165) is 32.0 Å². The van der Waals surface area contributed by atoms with Gasteiger partial charge >= 0.3 is 17.3 Å². The summed E-state index contributed by atoms with van der Waals surface area (Å²) in [5.41, 5.74) is -0.198. The fraction of sp³-hybridized carbons (Fsp3) is 0.417. The molecule has 1 aliphatic heterocycles. The molecule has 118 valence electrons. The molecule has 1 aliphatic rings. The number of H-pyrrole nitrogens is 1. The van der Waals surface area contributed by atoms with Crippen LogP contribution in [0, 0.1) is 20.2 Å². The average molecular weight is 328 g/mol. The average Bonchev–Trinajstić information content (AvgIpc) is 2.89. The van der Waals surface area contributed by atoms with Gasteiger partial charge in [-0.15, -0.1) is 0 Å². The zero-order valence-corrected chi connectivity index (χ0v) is 12.3. The molecule has 0 spiro atoms. The van der Waals surface area contributed by atoms with Crippen molar-refractivity contribution >= 4 is 28.4 Å². The van der Waals surface area contributed by atoms with Crippen molar-refractivity contribution in [2.45, 2.75) is 19.3 Å². The van der Waals surface area contributed by atoms with Gasteiger partial charge in [0, 0.05) is 6.07 Å². The van der Waals surface area contributed by atoms with Gasteiger partial charge in [0.05, 0.1) is 34.5 Å². The minimum Gasteiger partial charge on any atom is -1.00 e. The third-order valence-electron chi connectivity index (χ3n) is 3.76.